The minimum absolute atomic E-state index is 0.00905. The van der Waals surface area contributed by atoms with E-state index in [0.717, 1.165) is 10.6 Å². The van der Waals surface area contributed by atoms with Crippen LogP contribution in [0.15, 0.2) is 0 Å². The molecule has 0 aliphatic heterocycles. The van der Waals surface area contributed by atoms with Gasteiger partial charge in [0.1, 0.15) is 10.8 Å². The molecule has 0 saturated carbocycles. The summed E-state index contributed by atoms with van der Waals surface area (Å²) in [6, 6.07) is 0. The number of nitrogens with two attached hydrogens (primary N) is 1. The SMILES string of the molecule is CCS(=O)(=O)Cc1nc(COC)c(CN)s1. The first-order valence-corrected chi connectivity index (χ1v) is 7.53. The molecule has 92 valence electrons. The molecule has 5 nitrogen and oxygen atoms in total. The molecule has 0 bridgehead atoms. The lowest BCUT2D eigenvalue weighted by atomic mass is 10.4. The number of nitrogens with zero attached hydrogens (tertiary/aromatic N) is 1. The molecule has 0 spiro atoms. The summed E-state index contributed by atoms with van der Waals surface area (Å²) in [6.07, 6.45) is 0. The molecule has 0 aromatic carbocycles. The second-order valence-corrected chi connectivity index (χ2v) is 6.81. The van der Waals surface area contributed by atoms with Crippen LogP contribution in [-0.2, 0) is 33.5 Å². The molecule has 0 fully saturated rings. The summed E-state index contributed by atoms with van der Waals surface area (Å²) >= 11 is 1.35. The van der Waals surface area contributed by atoms with Gasteiger partial charge in [0, 0.05) is 24.3 Å². The molecule has 2 N–H and O–H groups in total. The van der Waals surface area contributed by atoms with Crippen LogP contribution in [0.5, 0.6) is 0 Å². The van der Waals surface area contributed by atoms with Crippen molar-refractivity contribution in [3.63, 3.8) is 0 Å². The Morgan fingerprint density at radius 1 is 1.50 bits per heavy atom. The Morgan fingerprint density at radius 2 is 2.19 bits per heavy atom. The van der Waals surface area contributed by atoms with Crippen molar-refractivity contribution in [3.05, 3.63) is 15.6 Å². The maximum absolute atomic E-state index is 11.4. The number of aromatic nitrogens is 1. The Bertz CT molecular complexity index is 440. The van der Waals surface area contributed by atoms with Crippen molar-refractivity contribution in [2.45, 2.75) is 25.8 Å². The monoisotopic (exact) mass is 264 g/mol. The summed E-state index contributed by atoms with van der Waals surface area (Å²) < 4.78 is 27.9. The van der Waals surface area contributed by atoms with Gasteiger partial charge in [-0.15, -0.1) is 11.3 Å². The van der Waals surface area contributed by atoms with Crippen molar-refractivity contribution in [2.75, 3.05) is 12.9 Å². The van der Waals surface area contributed by atoms with Crippen LogP contribution in [0.25, 0.3) is 0 Å². The zero-order valence-corrected chi connectivity index (χ0v) is 11.0. The second kappa shape index (κ2) is 5.72. The van der Waals surface area contributed by atoms with E-state index >= 15 is 0 Å². The van der Waals surface area contributed by atoms with Gasteiger partial charge in [-0.1, -0.05) is 6.92 Å². The average molecular weight is 264 g/mol. The van der Waals surface area contributed by atoms with Gasteiger partial charge >= 0.3 is 0 Å². The van der Waals surface area contributed by atoms with Crippen LogP contribution in [-0.4, -0.2) is 26.3 Å². The van der Waals surface area contributed by atoms with Gasteiger partial charge in [-0.3, -0.25) is 0 Å². The van der Waals surface area contributed by atoms with Gasteiger partial charge < -0.3 is 10.5 Å². The molecule has 0 atom stereocenters. The smallest absolute Gasteiger partial charge is 0.156 e. The van der Waals surface area contributed by atoms with Crippen LogP contribution in [0, 0.1) is 0 Å². The highest BCUT2D eigenvalue weighted by atomic mass is 32.2. The fraction of sp³-hybridized carbons (Fsp3) is 0.667. The molecule has 1 heterocycles. The molecule has 0 aliphatic carbocycles. The number of sulfone groups is 1. The lowest BCUT2D eigenvalue weighted by Crippen LogP contribution is -2.06. The van der Waals surface area contributed by atoms with Crippen LogP contribution in [0.4, 0.5) is 0 Å². The summed E-state index contributed by atoms with van der Waals surface area (Å²) in [6.45, 7) is 2.36. The third-order valence-corrected chi connectivity index (χ3v) is 4.97. The summed E-state index contributed by atoms with van der Waals surface area (Å²) in [7, 11) is -1.46. The van der Waals surface area contributed by atoms with Crippen LogP contribution >= 0.6 is 11.3 Å². The molecule has 0 amide bonds. The van der Waals surface area contributed by atoms with E-state index in [2.05, 4.69) is 4.98 Å². The summed E-state index contributed by atoms with van der Waals surface area (Å²) in [5, 5.41) is 0.592. The first-order chi connectivity index (χ1) is 7.52. The van der Waals surface area contributed by atoms with Crippen LogP contribution in [0.3, 0.4) is 0 Å². The predicted molar refractivity (Wildman–Crippen MR) is 63.9 cm³/mol. The quantitative estimate of drug-likeness (QED) is 0.817. The van der Waals surface area contributed by atoms with Crippen LogP contribution in [0.1, 0.15) is 22.5 Å². The molecular weight excluding hydrogens is 248 g/mol. The van der Waals surface area contributed by atoms with Gasteiger partial charge in [-0.2, -0.15) is 0 Å². The van der Waals surface area contributed by atoms with E-state index < -0.39 is 9.84 Å². The minimum Gasteiger partial charge on any atom is -0.378 e. The molecule has 1 rings (SSSR count). The lowest BCUT2D eigenvalue weighted by Gasteiger charge is -1.96. The van der Waals surface area contributed by atoms with Crippen molar-refractivity contribution in [3.8, 4) is 0 Å². The molecule has 1 aromatic rings. The van der Waals surface area contributed by atoms with Crippen molar-refractivity contribution in [1.29, 1.82) is 0 Å². The Balaban J connectivity index is 2.90. The third kappa shape index (κ3) is 3.51. The second-order valence-electron chi connectivity index (χ2n) is 3.29. The molecule has 16 heavy (non-hydrogen) atoms. The first-order valence-electron chi connectivity index (χ1n) is 4.89. The zero-order chi connectivity index (χ0) is 12.2. The van der Waals surface area contributed by atoms with Crippen molar-refractivity contribution < 1.29 is 13.2 Å². The minimum atomic E-state index is -3.03. The number of rotatable bonds is 6. The summed E-state index contributed by atoms with van der Waals surface area (Å²) in [5.41, 5.74) is 6.30. The van der Waals surface area contributed by atoms with Gasteiger partial charge in [0.15, 0.2) is 9.84 Å². The van der Waals surface area contributed by atoms with Gasteiger partial charge in [0.25, 0.3) is 0 Å². The molecule has 0 aliphatic rings. The third-order valence-electron chi connectivity index (χ3n) is 2.07. The van der Waals surface area contributed by atoms with E-state index in [-0.39, 0.29) is 11.5 Å². The molecular formula is C9H16N2O3S2. The van der Waals surface area contributed by atoms with Crippen LogP contribution < -0.4 is 5.73 Å². The number of methoxy groups -OCH3 is 1. The maximum Gasteiger partial charge on any atom is 0.156 e. The number of hydrogen-bond donors (Lipinski definition) is 1. The highest BCUT2D eigenvalue weighted by Gasteiger charge is 2.15. The van der Waals surface area contributed by atoms with Crippen molar-refractivity contribution in [1.82, 2.24) is 4.98 Å². The Hall–Kier alpha value is -0.500. The van der Waals surface area contributed by atoms with Gasteiger partial charge in [0.05, 0.1) is 12.3 Å². The lowest BCUT2D eigenvalue weighted by molar-refractivity contribution is 0.181. The van der Waals surface area contributed by atoms with Crippen molar-refractivity contribution in [2.24, 2.45) is 5.73 Å². The molecule has 0 unspecified atom stereocenters. The normalized spacial score (nSPS) is 11.9. The van der Waals surface area contributed by atoms with E-state index in [1.54, 1.807) is 14.0 Å². The fourth-order valence-corrected chi connectivity index (χ4v) is 3.36. The van der Waals surface area contributed by atoms with Gasteiger partial charge in [-0.25, -0.2) is 13.4 Å². The van der Waals surface area contributed by atoms with E-state index in [1.165, 1.54) is 11.3 Å². The Kier molecular flexibility index (Phi) is 4.85. The van der Waals surface area contributed by atoms with E-state index in [1.807, 2.05) is 0 Å². The van der Waals surface area contributed by atoms with Crippen LogP contribution in [0.2, 0.25) is 0 Å². The average Bonchev–Trinajstić information content (AvgIpc) is 2.60. The number of ether oxygens (including phenoxy) is 1. The standard InChI is InChI=1S/C9H16N2O3S2/c1-3-16(12,13)6-9-11-7(5-14-2)8(4-10)15-9/h3-6,10H2,1-2H3. The van der Waals surface area contributed by atoms with E-state index in [9.17, 15) is 8.42 Å². The summed E-state index contributed by atoms with van der Waals surface area (Å²) in [4.78, 5) is 5.13. The first kappa shape index (κ1) is 13.6. The molecule has 1 aromatic heterocycles. The van der Waals surface area contributed by atoms with Crippen molar-refractivity contribution >= 4 is 21.2 Å². The van der Waals surface area contributed by atoms with Gasteiger partial charge in [0.2, 0.25) is 0 Å². The Labute approximate surface area is 99.6 Å². The van der Waals surface area contributed by atoms with E-state index in [4.69, 9.17) is 10.5 Å². The largest absolute Gasteiger partial charge is 0.378 e. The van der Waals surface area contributed by atoms with E-state index in [0.29, 0.717) is 18.2 Å². The maximum atomic E-state index is 11.4. The molecule has 0 radical (unpaired) electrons. The fourth-order valence-electron chi connectivity index (χ4n) is 1.20. The highest BCUT2D eigenvalue weighted by molar-refractivity contribution is 7.90. The zero-order valence-electron chi connectivity index (χ0n) is 9.39. The number of hydrogen-bond acceptors (Lipinski definition) is 6. The Morgan fingerprint density at radius 3 is 2.69 bits per heavy atom. The number of thiazole rings is 1. The highest BCUT2D eigenvalue weighted by Crippen LogP contribution is 2.21. The predicted octanol–water partition coefficient (Wildman–Crippen LogP) is 0.683. The summed E-state index contributed by atoms with van der Waals surface area (Å²) in [5.74, 6) is 0.120. The van der Waals surface area contributed by atoms with Gasteiger partial charge in [-0.05, 0) is 0 Å². The molecule has 0 saturated heterocycles. The molecule has 7 heteroatoms. The topological polar surface area (TPSA) is 82.3 Å².